The molecule has 0 spiro atoms. The van der Waals surface area contributed by atoms with Crippen molar-refractivity contribution in [3.63, 3.8) is 0 Å². The molecule has 0 amide bonds. The summed E-state index contributed by atoms with van der Waals surface area (Å²) in [5.74, 6) is 0. The van der Waals surface area contributed by atoms with Crippen molar-refractivity contribution >= 4 is 96.1 Å². The monoisotopic (exact) mass is 1130 g/mol. The molecule has 15 aromatic rings. The number of nitrogens with zero attached hydrogens (tertiary/aromatic N) is 4. The van der Waals surface area contributed by atoms with E-state index in [1.165, 1.54) is 27.2 Å². The van der Waals surface area contributed by atoms with Crippen LogP contribution in [-0.2, 0) is 0 Å². The zero-order valence-corrected chi connectivity index (χ0v) is 48.8. The first-order chi connectivity index (χ1) is 44.2. The molecule has 14 aromatic carbocycles. The summed E-state index contributed by atoms with van der Waals surface area (Å²) in [7, 11) is 0. The molecule has 17 rings (SSSR count). The zero-order valence-electron chi connectivity index (χ0n) is 48.8. The van der Waals surface area contributed by atoms with E-state index in [-0.39, 0.29) is 6.71 Å². The standard InChI is InChI=1S/C84H57BN4/c1-9-29-58(30-10-1)63-55-78-81-79(56-63)89(83-70(61-35-15-4-16-36-61)48-28-49-71(83)62-37-17-5-18-38-62)84-74(53-54-76-80(84)72-45-25-26-50-75(72)87(76)66-43-23-8-24-44-66)85(81)73-52-51-67(86(64-39-19-6-20-40-64)65-41-21-7-22-42-65)57-77(73)88(78)82-68(59-31-11-2-12-32-59)46-27-47-69(82)60-33-13-3-14-34-60/h1-57H. The van der Waals surface area contributed by atoms with E-state index in [1.807, 2.05) is 0 Å². The molecule has 0 radical (unpaired) electrons. The first-order valence-electron chi connectivity index (χ1n) is 30.7. The Kier molecular flexibility index (Phi) is 12.6. The fourth-order valence-electron chi connectivity index (χ4n) is 14.4. The van der Waals surface area contributed by atoms with E-state index >= 15 is 0 Å². The van der Waals surface area contributed by atoms with Gasteiger partial charge in [-0.1, -0.05) is 273 Å². The van der Waals surface area contributed by atoms with Crippen molar-refractivity contribution in [1.82, 2.24) is 4.57 Å². The lowest BCUT2D eigenvalue weighted by Gasteiger charge is -2.46. The van der Waals surface area contributed by atoms with Gasteiger partial charge in [-0.2, -0.15) is 0 Å². The van der Waals surface area contributed by atoms with Crippen LogP contribution < -0.4 is 31.1 Å². The van der Waals surface area contributed by atoms with Gasteiger partial charge in [-0.3, -0.25) is 0 Å². The van der Waals surface area contributed by atoms with Gasteiger partial charge >= 0.3 is 0 Å². The summed E-state index contributed by atoms with van der Waals surface area (Å²) in [6.45, 7) is -0.241. The second kappa shape index (κ2) is 21.7. The van der Waals surface area contributed by atoms with Crippen molar-refractivity contribution in [2.24, 2.45) is 0 Å². The Morgan fingerprint density at radius 1 is 0.258 bits per heavy atom. The number of hydrogen-bond donors (Lipinski definition) is 0. The molecular weight excluding hydrogens is 1080 g/mol. The molecule has 0 bridgehead atoms. The maximum absolute atomic E-state index is 2.71. The highest BCUT2D eigenvalue weighted by Gasteiger charge is 2.46. The largest absolute Gasteiger partial charge is 0.310 e. The fraction of sp³-hybridized carbons (Fsp3) is 0. The number of hydrogen-bond acceptors (Lipinski definition) is 3. The number of fused-ring (bicyclic) bond motifs is 8. The van der Waals surface area contributed by atoms with Crippen molar-refractivity contribution in [1.29, 1.82) is 0 Å². The molecule has 2 aliphatic heterocycles. The van der Waals surface area contributed by atoms with E-state index in [2.05, 4.69) is 365 Å². The molecular formula is C84H57BN4. The summed E-state index contributed by atoms with van der Waals surface area (Å²) in [4.78, 5) is 7.77. The molecule has 0 aliphatic carbocycles. The summed E-state index contributed by atoms with van der Waals surface area (Å²) in [5.41, 5.74) is 28.3. The zero-order chi connectivity index (χ0) is 58.8. The summed E-state index contributed by atoms with van der Waals surface area (Å²) in [6.07, 6.45) is 0. The molecule has 0 N–H and O–H groups in total. The highest BCUT2D eigenvalue weighted by molar-refractivity contribution is 7.00. The van der Waals surface area contributed by atoms with Crippen LogP contribution in [0.2, 0.25) is 0 Å². The minimum absolute atomic E-state index is 0.241. The van der Waals surface area contributed by atoms with Gasteiger partial charge in [0.15, 0.2) is 0 Å². The predicted octanol–water partition coefficient (Wildman–Crippen LogP) is 20.7. The quantitative estimate of drug-likeness (QED) is 0.120. The number of aromatic nitrogens is 1. The van der Waals surface area contributed by atoms with Gasteiger partial charge in [0, 0.05) is 72.8 Å². The summed E-state index contributed by atoms with van der Waals surface area (Å²) in [5, 5.41) is 2.38. The molecule has 5 heteroatoms. The average molecular weight is 1130 g/mol. The number of anilines is 9. The van der Waals surface area contributed by atoms with Gasteiger partial charge < -0.3 is 19.3 Å². The van der Waals surface area contributed by atoms with Gasteiger partial charge in [0.1, 0.15) is 0 Å². The lowest BCUT2D eigenvalue weighted by atomic mass is 9.33. The highest BCUT2D eigenvalue weighted by Crippen LogP contribution is 2.56. The topological polar surface area (TPSA) is 14.7 Å². The molecule has 4 nitrogen and oxygen atoms in total. The first-order valence-corrected chi connectivity index (χ1v) is 30.7. The van der Waals surface area contributed by atoms with Crippen molar-refractivity contribution in [3.8, 4) is 61.3 Å². The van der Waals surface area contributed by atoms with E-state index < -0.39 is 0 Å². The van der Waals surface area contributed by atoms with Crippen LogP contribution in [0.25, 0.3) is 83.1 Å². The van der Waals surface area contributed by atoms with Crippen LogP contribution in [0.5, 0.6) is 0 Å². The van der Waals surface area contributed by atoms with E-state index in [9.17, 15) is 0 Å². The van der Waals surface area contributed by atoms with Gasteiger partial charge in [-0.15, -0.1) is 0 Å². The molecule has 0 saturated carbocycles. The SMILES string of the molecule is c1ccc(-c2cc3c4c(c2)N(c2c(-c5ccccc5)cccc2-c2ccccc2)c2c(ccc5c2c2ccccc2n5-c2ccccc2)B4c2ccc(N(c4ccccc4)c4ccccc4)cc2N3c2c(-c3ccccc3)cccc2-c2ccccc2)cc1. The van der Waals surface area contributed by atoms with Crippen molar-refractivity contribution in [2.75, 3.05) is 14.7 Å². The first kappa shape index (κ1) is 51.7. The van der Waals surface area contributed by atoms with Crippen molar-refractivity contribution in [3.05, 3.63) is 346 Å². The molecule has 89 heavy (non-hydrogen) atoms. The van der Waals surface area contributed by atoms with Crippen molar-refractivity contribution < 1.29 is 0 Å². The molecule has 0 unspecified atom stereocenters. The second-order valence-corrected chi connectivity index (χ2v) is 23.1. The lowest BCUT2D eigenvalue weighted by molar-refractivity contribution is 1.18. The van der Waals surface area contributed by atoms with Gasteiger partial charge in [0.2, 0.25) is 0 Å². The Balaban J connectivity index is 1.08. The van der Waals surface area contributed by atoms with E-state index in [0.29, 0.717) is 0 Å². The Bertz CT molecular complexity index is 4960. The fourth-order valence-corrected chi connectivity index (χ4v) is 14.4. The molecule has 0 fully saturated rings. The highest BCUT2D eigenvalue weighted by atomic mass is 15.2. The van der Waals surface area contributed by atoms with Crippen LogP contribution in [-0.4, -0.2) is 11.3 Å². The van der Waals surface area contributed by atoms with Crippen molar-refractivity contribution in [2.45, 2.75) is 0 Å². The van der Waals surface area contributed by atoms with Gasteiger partial charge in [-0.25, -0.2) is 0 Å². The maximum Gasteiger partial charge on any atom is 0.252 e. The van der Waals surface area contributed by atoms with E-state index in [0.717, 1.165) is 124 Å². The lowest BCUT2D eigenvalue weighted by Crippen LogP contribution is -2.61. The van der Waals surface area contributed by atoms with Crippen LogP contribution in [0, 0.1) is 0 Å². The third kappa shape index (κ3) is 8.61. The minimum atomic E-state index is -0.241. The second-order valence-electron chi connectivity index (χ2n) is 23.1. The van der Waals surface area contributed by atoms with Crippen LogP contribution in [0.3, 0.4) is 0 Å². The third-order valence-corrected chi connectivity index (χ3v) is 18.1. The summed E-state index contributed by atoms with van der Waals surface area (Å²) < 4.78 is 2.47. The number of benzene rings is 14. The Morgan fingerprint density at radius 3 is 1.18 bits per heavy atom. The normalized spacial score (nSPS) is 12.2. The molecule has 1 aromatic heterocycles. The predicted molar refractivity (Wildman–Crippen MR) is 377 cm³/mol. The Labute approximate surface area is 519 Å². The molecule has 2 aliphatic rings. The van der Waals surface area contributed by atoms with Crippen LogP contribution in [0.15, 0.2) is 346 Å². The molecule has 0 saturated heterocycles. The van der Waals surface area contributed by atoms with Gasteiger partial charge in [-0.05, 0) is 123 Å². The minimum Gasteiger partial charge on any atom is -0.310 e. The maximum atomic E-state index is 2.71. The van der Waals surface area contributed by atoms with Crippen LogP contribution >= 0.6 is 0 Å². The number of rotatable bonds is 11. The molecule has 416 valence electrons. The third-order valence-electron chi connectivity index (χ3n) is 18.1. The van der Waals surface area contributed by atoms with Crippen LogP contribution in [0.4, 0.5) is 51.2 Å². The molecule has 0 atom stereocenters. The Morgan fingerprint density at radius 2 is 0.674 bits per heavy atom. The average Bonchev–Trinajstić information content (AvgIpc) is 1.68. The summed E-state index contributed by atoms with van der Waals surface area (Å²) >= 11 is 0. The van der Waals surface area contributed by atoms with Crippen LogP contribution in [0.1, 0.15) is 0 Å². The van der Waals surface area contributed by atoms with E-state index in [1.54, 1.807) is 0 Å². The summed E-state index contributed by atoms with van der Waals surface area (Å²) in [6, 6.07) is 128. The number of para-hydroxylation sites is 6. The van der Waals surface area contributed by atoms with Gasteiger partial charge in [0.25, 0.3) is 6.71 Å². The van der Waals surface area contributed by atoms with E-state index in [4.69, 9.17) is 0 Å². The smallest absolute Gasteiger partial charge is 0.252 e. The Hall–Kier alpha value is -11.7. The van der Waals surface area contributed by atoms with Gasteiger partial charge in [0.05, 0.1) is 28.1 Å². The molecule has 3 heterocycles.